The first-order chi connectivity index (χ1) is 10.9. The van der Waals surface area contributed by atoms with Crippen LogP contribution in [0.25, 0.3) is 10.4 Å². The van der Waals surface area contributed by atoms with Crippen molar-refractivity contribution >= 4 is 46.2 Å². The van der Waals surface area contributed by atoms with Gasteiger partial charge in [0, 0.05) is 11.2 Å². The summed E-state index contributed by atoms with van der Waals surface area (Å²) in [6, 6.07) is 12.5. The molecule has 1 aromatic heterocycles. The number of anilines is 2. The van der Waals surface area contributed by atoms with Gasteiger partial charge in [-0.15, -0.1) is 12.4 Å². The van der Waals surface area contributed by atoms with E-state index < -0.39 is 11.7 Å². The highest BCUT2D eigenvalue weighted by atomic mass is 35.5. The number of rotatable bonds is 3. The Bertz CT molecular complexity index is 817. The molecule has 0 saturated heterocycles. The molecule has 126 valence electrons. The predicted octanol–water partition coefficient (Wildman–Crippen LogP) is 6.65. The summed E-state index contributed by atoms with van der Waals surface area (Å²) in [6.45, 7) is 0. The molecule has 0 amide bonds. The van der Waals surface area contributed by atoms with E-state index in [1.54, 1.807) is 24.4 Å². The van der Waals surface area contributed by atoms with Gasteiger partial charge in [0.15, 0.2) is 5.13 Å². The van der Waals surface area contributed by atoms with Crippen molar-refractivity contribution in [1.82, 2.24) is 4.98 Å². The average molecular weight is 391 g/mol. The normalized spacial score (nSPS) is 11.0. The molecule has 2 nitrogen and oxygen atoms in total. The van der Waals surface area contributed by atoms with Gasteiger partial charge >= 0.3 is 6.18 Å². The summed E-state index contributed by atoms with van der Waals surface area (Å²) in [7, 11) is 0. The minimum absolute atomic E-state index is 0. The van der Waals surface area contributed by atoms with Gasteiger partial charge in [0.05, 0.1) is 16.1 Å². The van der Waals surface area contributed by atoms with Crippen LogP contribution >= 0.6 is 35.3 Å². The summed E-state index contributed by atoms with van der Waals surface area (Å²) in [5.74, 6) is 0. The van der Waals surface area contributed by atoms with Crippen LogP contribution < -0.4 is 5.32 Å². The summed E-state index contributed by atoms with van der Waals surface area (Å²) >= 11 is 7.11. The molecule has 0 atom stereocenters. The number of nitrogens with one attached hydrogen (secondary N) is 1. The summed E-state index contributed by atoms with van der Waals surface area (Å²) in [5.41, 5.74) is 0.171. The van der Waals surface area contributed by atoms with E-state index >= 15 is 0 Å². The number of hydrogen-bond donors (Lipinski definition) is 1. The molecule has 0 spiro atoms. The molecule has 1 heterocycles. The standard InChI is InChI=1S/C16H10ClF3N2S.ClH/c17-11-7-5-10(6-8-11)14-9-21-15(23-14)22-13-4-2-1-3-12(13)16(18,19)20;/h1-9H,(H,21,22);1H. The van der Waals surface area contributed by atoms with Crippen molar-refractivity contribution in [3.05, 3.63) is 65.3 Å². The molecule has 24 heavy (non-hydrogen) atoms. The van der Waals surface area contributed by atoms with E-state index in [2.05, 4.69) is 10.3 Å². The molecule has 0 unspecified atom stereocenters. The minimum atomic E-state index is -4.42. The lowest BCUT2D eigenvalue weighted by Crippen LogP contribution is -2.08. The fraction of sp³-hybridized carbons (Fsp3) is 0.0625. The largest absolute Gasteiger partial charge is 0.418 e. The molecule has 0 aliphatic rings. The Morgan fingerprint density at radius 2 is 1.67 bits per heavy atom. The Balaban J connectivity index is 0.00000208. The van der Waals surface area contributed by atoms with Crippen LogP contribution in [0.2, 0.25) is 5.02 Å². The number of benzene rings is 2. The molecule has 0 saturated carbocycles. The molecule has 3 aromatic rings. The van der Waals surface area contributed by atoms with E-state index in [1.165, 1.54) is 23.5 Å². The maximum atomic E-state index is 13.0. The van der Waals surface area contributed by atoms with Crippen molar-refractivity contribution in [1.29, 1.82) is 0 Å². The third-order valence-corrected chi connectivity index (χ3v) is 4.32. The number of halogens is 5. The molecule has 1 N–H and O–H groups in total. The lowest BCUT2D eigenvalue weighted by atomic mass is 10.2. The molecule has 0 aliphatic carbocycles. The summed E-state index contributed by atoms with van der Waals surface area (Å²) in [6.07, 6.45) is -2.80. The van der Waals surface area contributed by atoms with Gasteiger partial charge in [-0.3, -0.25) is 0 Å². The first-order valence-electron chi connectivity index (χ1n) is 6.58. The van der Waals surface area contributed by atoms with Crippen LogP contribution in [-0.2, 0) is 6.18 Å². The van der Waals surface area contributed by atoms with E-state index in [1.807, 2.05) is 12.1 Å². The minimum Gasteiger partial charge on any atom is -0.331 e. The summed E-state index contributed by atoms with van der Waals surface area (Å²) < 4.78 is 39.0. The zero-order chi connectivity index (χ0) is 16.4. The molecule has 0 radical (unpaired) electrons. The highest BCUT2D eigenvalue weighted by molar-refractivity contribution is 7.18. The smallest absolute Gasteiger partial charge is 0.331 e. The summed E-state index contributed by atoms with van der Waals surface area (Å²) in [4.78, 5) is 4.98. The Kier molecular flexibility index (Phi) is 5.74. The van der Waals surface area contributed by atoms with Crippen molar-refractivity contribution in [3.63, 3.8) is 0 Å². The van der Waals surface area contributed by atoms with Crippen LogP contribution in [0, 0.1) is 0 Å². The van der Waals surface area contributed by atoms with Crippen LogP contribution in [0.15, 0.2) is 54.7 Å². The Morgan fingerprint density at radius 1 is 1.00 bits per heavy atom. The highest BCUT2D eigenvalue weighted by Gasteiger charge is 2.33. The van der Waals surface area contributed by atoms with Crippen LogP contribution in [-0.4, -0.2) is 4.98 Å². The molecule has 3 rings (SSSR count). The van der Waals surface area contributed by atoms with Gasteiger partial charge in [0.2, 0.25) is 0 Å². The van der Waals surface area contributed by atoms with Crippen LogP contribution in [0.1, 0.15) is 5.56 Å². The lowest BCUT2D eigenvalue weighted by Gasteiger charge is -2.12. The fourth-order valence-corrected chi connectivity index (χ4v) is 2.99. The second kappa shape index (κ2) is 7.42. The van der Waals surface area contributed by atoms with Gasteiger partial charge in [0.25, 0.3) is 0 Å². The van der Waals surface area contributed by atoms with E-state index in [4.69, 9.17) is 11.6 Å². The molecular formula is C16H11Cl2F3N2S. The third kappa shape index (κ3) is 4.20. The van der Waals surface area contributed by atoms with Crippen molar-refractivity contribution in [2.75, 3.05) is 5.32 Å². The monoisotopic (exact) mass is 390 g/mol. The average Bonchev–Trinajstić information content (AvgIpc) is 2.96. The van der Waals surface area contributed by atoms with Gasteiger partial charge in [-0.1, -0.05) is 47.2 Å². The first-order valence-corrected chi connectivity index (χ1v) is 7.78. The second-order valence-electron chi connectivity index (χ2n) is 4.70. The second-order valence-corrected chi connectivity index (χ2v) is 6.17. The summed E-state index contributed by atoms with van der Waals surface area (Å²) in [5, 5.41) is 3.76. The zero-order valence-electron chi connectivity index (χ0n) is 12.0. The number of hydrogen-bond acceptors (Lipinski definition) is 3. The van der Waals surface area contributed by atoms with Gasteiger partial charge < -0.3 is 5.32 Å². The first kappa shape index (κ1) is 18.6. The topological polar surface area (TPSA) is 24.9 Å². The molecular weight excluding hydrogens is 380 g/mol. The Labute approximate surface area is 151 Å². The quantitative estimate of drug-likeness (QED) is 0.541. The third-order valence-electron chi connectivity index (χ3n) is 3.11. The highest BCUT2D eigenvalue weighted by Crippen LogP contribution is 2.37. The maximum absolute atomic E-state index is 13.0. The number of para-hydroxylation sites is 1. The molecule has 0 aliphatic heterocycles. The maximum Gasteiger partial charge on any atom is 0.418 e. The van der Waals surface area contributed by atoms with Crippen molar-refractivity contribution in [2.24, 2.45) is 0 Å². The van der Waals surface area contributed by atoms with Crippen molar-refractivity contribution in [2.45, 2.75) is 6.18 Å². The van der Waals surface area contributed by atoms with Gasteiger partial charge in [0.1, 0.15) is 0 Å². The Hall–Kier alpha value is -1.76. The molecule has 2 aromatic carbocycles. The number of thiazole rings is 1. The van der Waals surface area contributed by atoms with Gasteiger partial charge in [-0.25, -0.2) is 4.98 Å². The van der Waals surface area contributed by atoms with Crippen LogP contribution in [0.4, 0.5) is 24.0 Å². The predicted molar refractivity (Wildman–Crippen MR) is 94.5 cm³/mol. The van der Waals surface area contributed by atoms with Crippen LogP contribution in [0.5, 0.6) is 0 Å². The Morgan fingerprint density at radius 3 is 2.33 bits per heavy atom. The van der Waals surface area contributed by atoms with E-state index in [0.717, 1.165) is 16.5 Å². The number of nitrogens with zero attached hydrogens (tertiary/aromatic N) is 1. The number of aromatic nitrogens is 1. The van der Waals surface area contributed by atoms with Gasteiger partial charge in [-0.05, 0) is 29.8 Å². The molecule has 0 bridgehead atoms. The fourth-order valence-electron chi connectivity index (χ4n) is 2.03. The molecule has 8 heteroatoms. The molecule has 0 fully saturated rings. The van der Waals surface area contributed by atoms with Gasteiger partial charge in [-0.2, -0.15) is 13.2 Å². The lowest BCUT2D eigenvalue weighted by molar-refractivity contribution is -0.136. The van der Waals surface area contributed by atoms with Crippen LogP contribution in [0.3, 0.4) is 0 Å². The van der Waals surface area contributed by atoms with Crippen molar-refractivity contribution < 1.29 is 13.2 Å². The number of alkyl halides is 3. The SMILES string of the molecule is Cl.FC(F)(F)c1ccccc1Nc1ncc(-c2ccc(Cl)cc2)s1. The van der Waals surface area contributed by atoms with Crippen molar-refractivity contribution in [3.8, 4) is 10.4 Å². The van der Waals surface area contributed by atoms with E-state index in [0.29, 0.717) is 10.2 Å². The zero-order valence-corrected chi connectivity index (χ0v) is 14.4. The van der Waals surface area contributed by atoms with E-state index in [-0.39, 0.29) is 18.1 Å². The van der Waals surface area contributed by atoms with E-state index in [9.17, 15) is 13.2 Å².